The van der Waals surface area contributed by atoms with Gasteiger partial charge in [-0.3, -0.25) is 24.1 Å². The number of imide groups is 1. The molecule has 129 heavy (non-hydrogen) atoms. The fraction of sp³-hybridized carbons (Fsp3) is 0.365. The molecule has 0 aliphatic carbocycles. The highest BCUT2D eigenvalue weighted by Crippen LogP contribution is 2.43. The van der Waals surface area contributed by atoms with Crippen molar-refractivity contribution in [2.45, 2.75) is 203 Å². The largest absolute Gasteiger partial charge is 0.497 e. The molecule has 2 amide bonds. The SMILES string of the molecule is COC(=O)CCCCCO[C@@H]1O[C@H](CO[C@@H]2O[C@H](CO[Si](c3ccccc3)(c3ccccc3)C(C)(C)C)[C@H](OC(=O)CCC(C)=O)[C@H](O[C@H]3O[C@H](COCc4ccccc4)[C@H](OCc4ccccc4)[C@H](OCc4ccccc4)[C@H]3OCc3ccccc3)[C@H]2OC(=O)c2ccccc2)[C@@H](OCc2ccc(OC)cc2)[C@H](OCc2ccccc2)[C@H]1N1C(=O)c2ccccc2C1=O. The number of benzene rings is 10. The van der Waals surface area contributed by atoms with Gasteiger partial charge >= 0.3 is 17.9 Å². The number of methoxy groups -OCH3 is 2. The summed E-state index contributed by atoms with van der Waals surface area (Å²) < 4.78 is 120. The van der Waals surface area contributed by atoms with Gasteiger partial charge in [0.2, 0.25) is 0 Å². The number of amides is 2. The van der Waals surface area contributed by atoms with Crippen LogP contribution in [0.15, 0.2) is 291 Å². The van der Waals surface area contributed by atoms with Gasteiger partial charge in [0.1, 0.15) is 72.5 Å². The third kappa shape index (κ3) is 24.5. The maximum absolute atomic E-state index is 15.9. The number of Topliss-reactive ketones (excluding diaryl/α,β-unsaturated/α-hetero) is 1. The van der Waals surface area contributed by atoms with Gasteiger partial charge in [0.25, 0.3) is 20.1 Å². The van der Waals surface area contributed by atoms with Crippen LogP contribution in [0.5, 0.6) is 5.75 Å². The van der Waals surface area contributed by atoms with E-state index >= 15 is 19.2 Å². The normalized spacial score (nSPS) is 22.8. The number of nitrogens with zero attached hydrogens (tertiary/aromatic N) is 1. The topological polar surface area (TPSA) is 263 Å². The van der Waals surface area contributed by atoms with E-state index in [0.717, 1.165) is 43.1 Å². The molecule has 3 saturated heterocycles. The number of ether oxygens (including phenoxy) is 16. The van der Waals surface area contributed by atoms with Crippen molar-refractivity contribution in [3.8, 4) is 5.75 Å². The Kier molecular flexibility index (Phi) is 33.9. The van der Waals surface area contributed by atoms with Crippen LogP contribution in [0.1, 0.15) is 131 Å². The first-order valence-corrected chi connectivity index (χ1v) is 45.9. The summed E-state index contributed by atoms with van der Waals surface area (Å²) in [5.74, 6) is -3.10. The van der Waals surface area contributed by atoms with Crippen LogP contribution in [-0.2, 0) is 130 Å². The van der Waals surface area contributed by atoms with E-state index in [0.29, 0.717) is 30.6 Å². The molecule has 14 rings (SSSR count). The summed E-state index contributed by atoms with van der Waals surface area (Å²) in [5, 5.41) is 1.11. The summed E-state index contributed by atoms with van der Waals surface area (Å²) >= 11 is 0. The maximum Gasteiger partial charge on any atom is 0.338 e. The number of unbranched alkanes of at least 4 members (excludes halogenated alkanes) is 2. The summed E-state index contributed by atoms with van der Waals surface area (Å²) in [5.41, 5.74) is 5.10. The molecule has 4 aliphatic heterocycles. The van der Waals surface area contributed by atoms with Gasteiger partial charge in [0, 0.05) is 19.4 Å². The zero-order chi connectivity index (χ0) is 89.9. The summed E-state index contributed by atoms with van der Waals surface area (Å²) in [6, 6.07) is 88.6. The van der Waals surface area contributed by atoms with Crippen LogP contribution >= 0.6 is 0 Å². The second-order valence-electron chi connectivity index (χ2n) is 33.4. The molecule has 4 aliphatic rings. The van der Waals surface area contributed by atoms with Crippen molar-refractivity contribution in [2.75, 3.05) is 40.6 Å². The summed E-state index contributed by atoms with van der Waals surface area (Å²) in [6.45, 7) is 6.68. The van der Waals surface area contributed by atoms with E-state index in [-0.39, 0.29) is 101 Å². The minimum Gasteiger partial charge on any atom is -0.497 e. The van der Waals surface area contributed by atoms with Gasteiger partial charge in [0.05, 0.1) is 96.8 Å². The Hall–Kier alpha value is -11.1. The minimum atomic E-state index is -3.68. The molecule has 0 saturated carbocycles. The Bertz CT molecular complexity index is 5090. The average molecular weight is 1770 g/mol. The fourth-order valence-electron chi connectivity index (χ4n) is 16.8. The molecule has 0 unspecified atom stereocenters. The monoisotopic (exact) mass is 1770 g/mol. The Balaban J connectivity index is 0.952. The summed E-state index contributed by atoms with van der Waals surface area (Å²) in [4.78, 5) is 88.8. The van der Waals surface area contributed by atoms with Crippen LogP contribution in [0.25, 0.3) is 0 Å². The number of hydrogen-bond acceptors (Lipinski definition) is 23. The maximum atomic E-state index is 15.9. The molecule has 0 aromatic heterocycles. The highest BCUT2D eigenvalue weighted by molar-refractivity contribution is 6.99. The van der Waals surface area contributed by atoms with Gasteiger partial charge in [-0.15, -0.1) is 0 Å². The van der Waals surface area contributed by atoms with E-state index in [1.165, 1.54) is 14.0 Å². The van der Waals surface area contributed by atoms with Gasteiger partial charge < -0.3 is 85.0 Å². The highest BCUT2D eigenvalue weighted by atomic mass is 28.4. The standard InChI is InChI=1S/C104H113NO23Si/c1-71(106)55-60-88(108)126-92-86(70-122-129(104(2,3)4,80-48-28-13-29-49-80)81-50-30-14-31-51-81)124-102(121-69-85-90(116-67-77-56-58-79(112-5)59-57-77)93(118-64-74-40-20-9-21-41-74)89(101(123-85)115-61-35-15-32-54-87(107)113-6)105-98(109)82-52-33-34-53-83(82)99(105)110)97(127-100(111)78-46-26-12-27-47-78)95(92)128-103-96(120-66-76-44-24-11-25-45-76)94(119-65-75-42-22-10-23-43-75)91(117-63-73-38-18-8-19-39-73)84(125-103)68-114-62-72-36-16-7-17-37-72/h7-14,16-31,33-34,36-53,56-59,84-86,89-97,101-103H,15,32,35,54-55,60-70H2,1-6H3/t84-,85-,86-,89-,90-,91+,92+,93-,94+,95+,96-,97-,101-,102-,103-/m1/s1. The molecule has 3 fully saturated rings. The van der Waals surface area contributed by atoms with Crippen molar-refractivity contribution in [2.24, 2.45) is 0 Å². The van der Waals surface area contributed by atoms with Crippen molar-refractivity contribution in [1.29, 1.82) is 0 Å². The van der Waals surface area contributed by atoms with E-state index < -0.39 is 142 Å². The molecule has 0 spiro atoms. The van der Waals surface area contributed by atoms with Crippen LogP contribution in [0, 0.1) is 0 Å². The van der Waals surface area contributed by atoms with E-state index in [2.05, 4.69) is 20.8 Å². The number of fused-ring (bicyclic) bond motifs is 1. The number of ketones is 1. The quantitative estimate of drug-likeness (QED) is 0.0113. The Morgan fingerprint density at radius 2 is 0.806 bits per heavy atom. The lowest BCUT2D eigenvalue weighted by Crippen LogP contribution is -2.70. The van der Waals surface area contributed by atoms with E-state index in [1.54, 1.807) is 73.8 Å². The number of carbonyl (C=O) groups excluding carboxylic acids is 6. The van der Waals surface area contributed by atoms with Crippen LogP contribution in [-0.4, -0.2) is 181 Å². The molecule has 0 radical (unpaired) electrons. The molecule has 0 N–H and O–H groups in total. The summed E-state index contributed by atoms with van der Waals surface area (Å²) in [7, 11) is -0.779. The van der Waals surface area contributed by atoms with Crippen molar-refractivity contribution in [1.82, 2.24) is 4.90 Å². The molecule has 15 atom stereocenters. The lowest BCUT2D eigenvalue weighted by Gasteiger charge is -2.51. The average Bonchev–Trinajstić information content (AvgIpc) is 1.60. The van der Waals surface area contributed by atoms with Crippen LogP contribution in [0.3, 0.4) is 0 Å². The molecule has 25 heteroatoms. The lowest BCUT2D eigenvalue weighted by molar-refractivity contribution is -0.373. The van der Waals surface area contributed by atoms with Crippen LogP contribution in [0.2, 0.25) is 5.04 Å². The van der Waals surface area contributed by atoms with Gasteiger partial charge in [0.15, 0.2) is 31.1 Å². The molecule has 10 aromatic rings. The minimum absolute atomic E-state index is 0.0129. The second kappa shape index (κ2) is 46.4. The smallest absolute Gasteiger partial charge is 0.338 e. The van der Waals surface area contributed by atoms with Crippen molar-refractivity contribution >= 4 is 54.2 Å². The summed E-state index contributed by atoms with van der Waals surface area (Å²) in [6.07, 6.45) is -19.4. The zero-order valence-corrected chi connectivity index (χ0v) is 74.5. The van der Waals surface area contributed by atoms with Crippen LogP contribution < -0.4 is 15.1 Å². The molecule has 4 heterocycles. The van der Waals surface area contributed by atoms with Gasteiger partial charge in [-0.1, -0.05) is 282 Å². The van der Waals surface area contributed by atoms with Crippen LogP contribution in [0.4, 0.5) is 0 Å². The third-order valence-electron chi connectivity index (χ3n) is 23.4. The van der Waals surface area contributed by atoms with Gasteiger partial charge in [-0.25, -0.2) is 4.79 Å². The highest BCUT2D eigenvalue weighted by Gasteiger charge is 2.61. The van der Waals surface area contributed by atoms with Crippen molar-refractivity contribution in [3.63, 3.8) is 0 Å². The molecule has 24 nitrogen and oxygen atoms in total. The first kappa shape index (κ1) is 94.0. The Morgan fingerprint density at radius 1 is 0.372 bits per heavy atom. The molecular weight excluding hydrogens is 1660 g/mol. The van der Waals surface area contributed by atoms with Crippen molar-refractivity contribution < 1.29 is 109 Å². The number of esters is 3. The van der Waals surface area contributed by atoms with Gasteiger partial charge in [-0.2, -0.15) is 0 Å². The second-order valence-corrected chi connectivity index (χ2v) is 37.7. The number of hydrogen-bond donors (Lipinski definition) is 0. The predicted molar refractivity (Wildman–Crippen MR) is 481 cm³/mol. The molecule has 0 bridgehead atoms. The molecular formula is C104H113NO23Si. The third-order valence-corrected chi connectivity index (χ3v) is 28.4. The lowest BCUT2D eigenvalue weighted by atomic mass is 9.94. The van der Waals surface area contributed by atoms with E-state index in [9.17, 15) is 9.59 Å². The Morgan fingerprint density at radius 3 is 1.31 bits per heavy atom. The van der Waals surface area contributed by atoms with Gasteiger partial charge in [-0.05, 0) is 105 Å². The predicted octanol–water partition coefficient (Wildman–Crippen LogP) is 15.2. The fourth-order valence-corrected chi connectivity index (χ4v) is 21.4. The number of rotatable bonds is 44. The van der Waals surface area contributed by atoms with E-state index in [1.807, 2.05) is 224 Å². The number of carbonyl (C=O) groups is 6. The first-order chi connectivity index (χ1) is 62.9. The first-order valence-electron chi connectivity index (χ1n) is 44.0. The molecule has 10 aromatic carbocycles. The zero-order valence-electron chi connectivity index (χ0n) is 73.5. The van der Waals surface area contributed by atoms with Crippen molar-refractivity contribution in [3.05, 3.63) is 341 Å². The Labute approximate surface area is 754 Å². The molecule has 676 valence electrons. The van der Waals surface area contributed by atoms with E-state index in [4.69, 9.17) is 80.2 Å².